The smallest absolute Gasteiger partial charge is 0.186 e. The van der Waals surface area contributed by atoms with Gasteiger partial charge >= 0.3 is 0 Å². The summed E-state index contributed by atoms with van der Waals surface area (Å²) in [6, 6.07) is 7.59. The van der Waals surface area contributed by atoms with Crippen molar-refractivity contribution in [3.8, 4) is 0 Å². The minimum atomic E-state index is 0.558. The van der Waals surface area contributed by atoms with Crippen LogP contribution in [0.2, 0.25) is 5.02 Å². The largest absolute Gasteiger partial charge is 0.361 e. The second kappa shape index (κ2) is 18.9. The van der Waals surface area contributed by atoms with Crippen LogP contribution in [0.3, 0.4) is 0 Å². The van der Waals surface area contributed by atoms with E-state index in [2.05, 4.69) is 22.8 Å². The van der Waals surface area contributed by atoms with Crippen molar-refractivity contribution in [2.45, 2.75) is 96.8 Å². The van der Waals surface area contributed by atoms with Gasteiger partial charge in [-0.05, 0) is 24.7 Å². The molecular weight excluding hydrogens is 398 g/mol. The molecule has 0 atom stereocenters. The van der Waals surface area contributed by atoms with E-state index in [1.54, 1.807) is 6.21 Å². The highest BCUT2D eigenvalue weighted by Gasteiger charge is 1.97. The van der Waals surface area contributed by atoms with Crippen LogP contribution in [0.25, 0.3) is 0 Å². The molecule has 3 nitrogen and oxygen atoms in total. The number of benzene rings is 1. The van der Waals surface area contributed by atoms with Gasteiger partial charge in [0.25, 0.3) is 0 Å². The van der Waals surface area contributed by atoms with Crippen LogP contribution >= 0.6 is 23.8 Å². The van der Waals surface area contributed by atoms with E-state index in [4.69, 9.17) is 23.8 Å². The van der Waals surface area contributed by atoms with Gasteiger partial charge in [0.1, 0.15) is 0 Å². The summed E-state index contributed by atoms with van der Waals surface area (Å²) in [6.45, 7) is 3.17. The summed E-state index contributed by atoms with van der Waals surface area (Å²) in [4.78, 5) is 0. The first kappa shape index (κ1) is 25.9. The van der Waals surface area contributed by atoms with E-state index in [1.165, 1.54) is 83.5 Å². The number of hydrazone groups is 1. The molecule has 5 heteroatoms. The van der Waals surface area contributed by atoms with E-state index in [0.717, 1.165) is 18.5 Å². The zero-order valence-electron chi connectivity index (χ0n) is 18.2. The van der Waals surface area contributed by atoms with Gasteiger partial charge in [0, 0.05) is 17.1 Å². The van der Waals surface area contributed by atoms with E-state index >= 15 is 0 Å². The molecule has 0 unspecified atom stereocenters. The molecule has 1 rings (SSSR count). The number of unbranched alkanes of at least 4 members (excludes halogenated alkanes) is 13. The van der Waals surface area contributed by atoms with Crippen LogP contribution in [0, 0.1) is 0 Å². The minimum absolute atomic E-state index is 0.558. The van der Waals surface area contributed by atoms with Gasteiger partial charge in [0.15, 0.2) is 5.11 Å². The predicted octanol–water partition coefficient (Wildman–Crippen LogP) is 7.62. The number of hydrogen-bond donors (Lipinski definition) is 2. The quantitative estimate of drug-likeness (QED) is 0.114. The number of halogens is 1. The Kier molecular flexibility index (Phi) is 16.9. The molecule has 0 heterocycles. The Labute approximate surface area is 189 Å². The number of thiocarbonyl (C=S) groups is 1. The van der Waals surface area contributed by atoms with Gasteiger partial charge in [-0.2, -0.15) is 5.10 Å². The molecule has 0 amide bonds. The first-order valence-electron chi connectivity index (χ1n) is 11.6. The summed E-state index contributed by atoms with van der Waals surface area (Å²) >= 11 is 11.3. The average molecular weight is 438 g/mol. The Morgan fingerprint density at radius 1 is 0.862 bits per heavy atom. The van der Waals surface area contributed by atoms with Crippen LogP contribution in [-0.4, -0.2) is 17.9 Å². The average Bonchev–Trinajstić information content (AvgIpc) is 2.72. The summed E-state index contributed by atoms with van der Waals surface area (Å²) in [5, 5.41) is 8.57. The number of hydrogen-bond acceptors (Lipinski definition) is 2. The van der Waals surface area contributed by atoms with Crippen LogP contribution in [0.4, 0.5) is 0 Å². The SMILES string of the molecule is CCCCCCCCCCCCCCCCNC(=S)N/N=C/c1ccccc1Cl. The van der Waals surface area contributed by atoms with E-state index in [1.807, 2.05) is 24.3 Å². The molecular formula is C24H40ClN3S. The zero-order chi connectivity index (χ0) is 21.0. The summed E-state index contributed by atoms with van der Waals surface area (Å²) < 4.78 is 0. The highest BCUT2D eigenvalue weighted by molar-refractivity contribution is 7.80. The molecule has 164 valence electrons. The standard InChI is InChI=1S/C24H40ClN3S/c1-2-3-4-5-6-7-8-9-10-11-12-13-14-17-20-26-24(29)28-27-21-22-18-15-16-19-23(22)25/h15-16,18-19,21H,2-14,17,20H2,1H3,(H2,26,28,29)/b27-21+. The van der Waals surface area contributed by atoms with Gasteiger partial charge in [0.2, 0.25) is 0 Å². The Bertz CT molecular complexity index is 563. The van der Waals surface area contributed by atoms with Crippen molar-refractivity contribution in [3.63, 3.8) is 0 Å². The fourth-order valence-corrected chi connectivity index (χ4v) is 3.64. The molecule has 29 heavy (non-hydrogen) atoms. The molecule has 0 aliphatic heterocycles. The number of rotatable bonds is 17. The third-order valence-corrected chi connectivity index (χ3v) is 5.67. The predicted molar refractivity (Wildman–Crippen MR) is 133 cm³/mol. The normalized spacial score (nSPS) is 11.1. The van der Waals surface area contributed by atoms with E-state index in [9.17, 15) is 0 Å². The molecule has 1 aromatic rings. The van der Waals surface area contributed by atoms with Gasteiger partial charge in [-0.25, -0.2) is 0 Å². The van der Waals surface area contributed by atoms with E-state index in [-0.39, 0.29) is 0 Å². The highest BCUT2D eigenvalue weighted by atomic mass is 35.5. The third-order valence-electron chi connectivity index (χ3n) is 5.09. The fraction of sp³-hybridized carbons (Fsp3) is 0.667. The van der Waals surface area contributed by atoms with Crippen molar-refractivity contribution in [3.05, 3.63) is 34.9 Å². The van der Waals surface area contributed by atoms with Crippen LogP contribution in [0.1, 0.15) is 102 Å². The summed E-state index contributed by atoms with van der Waals surface area (Å²) in [7, 11) is 0. The maximum atomic E-state index is 6.08. The molecule has 0 aromatic heterocycles. The molecule has 0 aliphatic rings. The monoisotopic (exact) mass is 437 g/mol. The lowest BCUT2D eigenvalue weighted by atomic mass is 10.0. The Balaban J connectivity index is 1.85. The molecule has 0 saturated carbocycles. The van der Waals surface area contributed by atoms with Crippen LogP contribution < -0.4 is 10.7 Å². The summed E-state index contributed by atoms with van der Waals surface area (Å²) in [6.07, 6.45) is 20.9. The van der Waals surface area contributed by atoms with Crippen molar-refractivity contribution in [1.82, 2.24) is 10.7 Å². The second-order valence-electron chi connectivity index (χ2n) is 7.74. The minimum Gasteiger partial charge on any atom is -0.361 e. The lowest BCUT2D eigenvalue weighted by molar-refractivity contribution is 0.535. The van der Waals surface area contributed by atoms with Crippen LogP contribution in [-0.2, 0) is 0 Å². The Morgan fingerprint density at radius 3 is 1.93 bits per heavy atom. The Hall–Kier alpha value is -1.13. The van der Waals surface area contributed by atoms with E-state index < -0.39 is 0 Å². The van der Waals surface area contributed by atoms with Gasteiger partial charge in [-0.15, -0.1) is 0 Å². The summed E-state index contributed by atoms with van der Waals surface area (Å²) in [5.41, 5.74) is 3.71. The van der Waals surface area contributed by atoms with Crippen molar-refractivity contribution in [1.29, 1.82) is 0 Å². The zero-order valence-corrected chi connectivity index (χ0v) is 19.8. The van der Waals surface area contributed by atoms with Crippen molar-refractivity contribution in [2.75, 3.05) is 6.54 Å². The number of nitrogens with zero attached hydrogens (tertiary/aromatic N) is 1. The van der Waals surface area contributed by atoms with Gasteiger partial charge in [0.05, 0.1) is 6.21 Å². The van der Waals surface area contributed by atoms with Gasteiger partial charge in [-0.3, -0.25) is 5.43 Å². The first-order chi connectivity index (χ1) is 14.2. The topological polar surface area (TPSA) is 36.4 Å². The molecule has 0 fully saturated rings. The molecule has 1 aromatic carbocycles. The maximum Gasteiger partial charge on any atom is 0.186 e. The summed E-state index contributed by atoms with van der Waals surface area (Å²) in [5.74, 6) is 0. The third kappa shape index (κ3) is 15.4. The first-order valence-corrected chi connectivity index (χ1v) is 12.3. The van der Waals surface area contributed by atoms with Crippen LogP contribution in [0.15, 0.2) is 29.4 Å². The number of nitrogens with one attached hydrogen (secondary N) is 2. The molecule has 0 saturated heterocycles. The molecule has 0 radical (unpaired) electrons. The van der Waals surface area contributed by atoms with E-state index in [0.29, 0.717) is 10.1 Å². The van der Waals surface area contributed by atoms with Crippen molar-refractivity contribution >= 4 is 35.1 Å². The van der Waals surface area contributed by atoms with Gasteiger partial charge < -0.3 is 5.32 Å². The molecule has 0 aliphatic carbocycles. The van der Waals surface area contributed by atoms with Crippen molar-refractivity contribution in [2.24, 2.45) is 5.10 Å². The van der Waals surface area contributed by atoms with Crippen LogP contribution in [0.5, 0.6) is 0 Å². The lowest BCUT2D eigenvalue weighted by Gasteiger charge is -2.07. The fourth-order valence-electron chi connectivity index (χ4n) is 3.30. The van der Waals surface area contributed by atoms with Crippen molar-refractivity contribution < 1.29 is 0 Å². The molecule has 2 N–H and O–H groups in total. The Morgan fingerprint density at radius 2 is 1.38 bits per heavy atom. The molecule has 0 spiro atoms. The van der Waals surface area contributed by atoms with Gasteiger partial charge in [-0.1, -0.05) is 120 Å². The maximum absolute atomic E-state index is 6.08. The highest BCUT2D eigenvalue weighted by Crippen LogP contribution is 2.13. The second-order valence-corrected chi connectivity index (χ2v) is 8.56. The lowest BCUT2D eigenvalue weighted by Crippen LogP contribution is -2.32. The molecule has 0 bridgehead atoms.